The normalized spacial score (nSPS) is 19.3. The molecule has 0 aromatic rings. The smallest absolute Gasteiger partial charge is 0.335 e. The summed E-state index contributed by atoms with van der Waals surface area (Å²) in [4.78, 5) is 50.7. The maximum Gasteiger partial charge on any atom is 0.335 e. The number of carbonyl (C=O) groups is 4. The number of aliphatic hydroxyl groups excluding tert-OH is 2. The van der Waals surface area contributed by atoms with Gasteiger partial charge in [0.2, 0.25) is 0 Å². The molecule has 0 aromatic heterocycles. The third kappa shape index (κ3) is 34.4. The number of allylic oxidation sites excluding steroid dienone is 10. The van der Waals surface area contributed by atoms with Gasteiger partial charge >= 0.3 is 23.9 Å². The molecule has 3 N–H and O–H groups in total. The minimum atomic E-state index is -1.92. The van der Waals surface area contributed by atoms with Crippen LogP contribution in [0.2, 0.25) is 0 Å². The molecular weight excluding hydrogens is 853 g/mol. The molecule has 1 aliphatic heterocycles. The fourth-order valence-electron chi connectivity index (χ4n) is 7.58. The summed E-state index contributed by atoms with van der Waals surface area (Å²) in [5.74, 6) is -3.19. The standard InChI is InChI=1S/C55H92O12/c1-4-7-10-13-16-19-21-22-23-24-25-26-28-31-34-37-40-43-49(58)66-53-51(60)50(59)52(54(61)62)67-55(53)64-45-46(65-48(57)42-39-36-33-29-18-15-12-9-6-3)44-63-47(56)41-38-35-32-30-27-20-17-14-11-8-5-2/h7,10,16,19,22-23,25-26,31,34,46,50-53,55,59-60H,4-6,8-9,11-15,17-18,20-21,24,27-30,32-33,35-45H2,1-3H3,(H,61,62)/b10-7-,19-16-,23-22-,26-25-,34-31-. The number of aliphatic carboxylic acids is 1. The zero-order chi connectivity index (χ0) is 49.0. The molecule has 1 heterocycles. The van der Waals surface area contributed by atoms with Crippen molar-refractivity contribution in [2.45, 2.75) is 250 Å². The first-order valence-electron chi connectivity index (χ1n) is 26.3. The molecule has 12 nitrogen and oxygen atoms in total. The molecule has 1 aliphatic rings. The van der Waals surface area contributed by atoms with Crippen molar-refractivity contribution < 1.29 is 58.2 Å². The van der Waals surface area contributed by atoms with Gasteiger partial charge in [-0.2, -0.15) is 0 Å². The van der Waals surface area contributed by atoms with Crippen LogP contribution in [0.25, 0.3) is 0 Å². The van der Waals surface area contributed by atoms with E-state index in [1.807, 2.05) is 12.2 Å². The molecule has 12 heteroatoms. The number of carboxylic acid groups (broad SMARTS) is 1. The van der Waals surface area contributed by atoms with Crippen LogP contribution in [0.15, 0.2) is 60.8 Å². The second kappa shape index (κ2) is 43.7. The van der Waals surface area contributed by atoms with Crippen LogP contribution >= 0.6 is 0 Å². The zero-order valence-corrected chi connectivity index (χ0v) is 41.9. The number of carbonyl (C=O) groups excluding carboxylic acids is 3. The van der Waals surface area contributed by atoms with E-state index >= 15 is 0 Å². The van der Waals surface area contributed by atoms with Gasteiger partial charge in [0.25, 0.3) is 0 Å². The van der Waals surface area contributed by atoms with Crippen molar-refractivity contribution in [2.24, 2.45) is 0 Å². The Morgan fingerprint density at radius 1 is 0.507 bits per heavy atom. The summed E-state index contributed by atoms with van der Waals surface area (Å²) in [5, 5.41) is 31.3. The largest absolute Gasteiger partial charge is 0.479 e. The lowest BCUT2D eigenvalue weighted by Gasteiger charge is -2.40. The fraction of sp³-hybridized carbons (Fsp3) is 0.745. The van der Waals surface area contributed by atoms with Crippen LogP contribution in [0.4, 0.5) is 0 Å². The molecule has 0 spiro atoms. The van der Waals surface area contributed by atoms with Crippen LogP contribution in [0.3, 0.4) is 0 Å². The average Bonchev–Trinajstić information content (AvgIpc) is 3.31. The van der Waals surface area contributed by atoms with Gasteiger partial charge in [-0.1, -0.05) is 197 Å². The lowest BCUT2D eigenvalue weighted by Crippen LogP contribution is -2.61. The second-order valence-corrected chi connectivity index (χ2v) is 17.8. The van der Waals surface area contributed by atoms with E-state index in [2.05, 4.69) is 69.4 Å². The van der Waals surface area contributed by atoms with Gasteiger partial charge in [0, 0.05) is 19.3 Å². The second-order valence-electron chi connectivity index (χ2n) is 17.8. The van der Waals surface area contributed by atoms with E-state index in [1.54, 1.807) is 0 Å². The third-order valence-corrected chi connectivity index (χ3v) is 11.6. The zero-order valence-electron chi connectivity index (χ0n) is 41.9. The molecule has 1 saturated heterocycles. The number of aliphatic hydroxyl groups is 2. The van der Waals surface area contributed by atoms with E-state index in [1.165, 1.54) is 77.0 Å². The molecule has 0 aromatic carbocycles. The first-order chi connectivity index (χ1) is 32.6. The molecule has 6 unspecified atom stereocenters. The first kappa shape index (κ1) is 61.4. The first-order valence-corrected chi connectivity index (χ1v) is 26.3. The molecule has 67 heavy (non-hydrogen) atoms. The Balaban J connectivity index is 2.74. The Labute approximate surface area is 405 Å². The number of hydrogen-bond acceptors (Lipinski definition) is 11. The summed E-state index contributed by atoms with van der Waals surface area (Å²) in [6.45, 7) is 5.80. The van der Waals surface area contributed by atoms with Crippen molar-refractivity contribution in [3.8, 4) is 0 Å². The van der Waals surface area contributed by atoms with Gasteiger partial charge in [0.1, 0.15) is 18.8 Å². The summed E-state index contributed by atoms with van der Waals surface area (Å²) < 4.78 is 28.2. The predicted octanol–water partition coefficient (Wildman–Crippen LogP) is 12.4. The number of unbranched alkanes of at least 4 members (excludes halogenated alkanes) is 19. The highest BCUT2D eigenvalue weighted by Crippen LogP contribution is 2.26. The van der Waals surface area contributed by atoms with E-state index in [0.29, 0.717) is 25.7 Å². The van der Waals surface area contributed by atoms with Gasteiger partial charge in [-0.25, -0.2) is 4.79 Å². The number of rotatable bonds is 43. The summed E-state index contributed by atoms with van der Waals surface area (Å²) >= 11 is 0. The number of esters is 3. The van der Waals surface area contributed by atoms with Gasteiger partial charge in [-0.3, -0.25) is 14.4 Å². The van der Waals surface area contributed by atoms with Crippen LogP contribution in [0, 0.1) is 0 Å². The monoisotopic (exact) mass is 945 g/mol. The van der Waals surface area contributed by atoms with Gasteiger partial charge < -0.3 is 39.0 Å². The Morgan fingerprint density at radius 3 is 1.42 bits per heavy atom. The number of hydrogen-bond donors (Lipinski definition) is 3. The molecular formula is C55H92O12. The van der Waals surface area contributed by atoms with Crippen LogP contribution in [0.1, 0.15) is 213 Å². The highest BCUT2D eigenvalue weighted by atomic mass is 16.7. The fourth-order valence-corrected chi connectivity index (χ4v) is 7.58. The molecule has 0 saturated carbocycles. The summed E-state index contributed by atoms with van der Waals surface area (Å²) in [6.07, 6.45) is 39.4. The van der Waals surface area contributed by atoms with Crippen molar-refractivity contribution in [2.75, 3.05) is 13.2 Å². The average molecular weight is 945 g/mol. The quantitative estimate of drug-likeness (QED) is 0.0229. The van der Waals surface area contributed by atoms with Gasteiger partial charge in [0.15, 0.2) is 24.6 Å². The van der Waals surface area contributed by atoms with Crippen LogP contribution in [0.5, 0.6) is 0 Å². The van der Waals surface area contributed by atoms with Crippen LogP contribution in [-0.4, -0.2) is 89.2 Å². The highest BCUT2D eigenvalue weighted by molar-refractivity contribution is 5.74. The van der Waals surface area contributed by atoms with Crippen molar-refractivity contribution >= 4 is 23.9 Å². The summed E-state index contributed by atoms with van der Waals surface area (Å²) in [5.41, 5.74) is 0. The van der Waals surface area contributed by atoms with Crippen LogP contribution in [-0.2, 0) is 42.9 Å². The van der Waals surface area contributed by atoms with E-state index in [-0.39, 0.29) is 25.9 Å². The maximum absolute atomic E-state index is 13.0. The lowest BCUT2D eigenvalue weighted by atomic mass is 9.98. The van der Waals surface area contributed by atoms with E-state index in [4.69, 9.17) is 23.7 Å². The minimum absolute atomic E-state index is 0.0170. The van der Waals surface area contributed by atoms with Crippen molar-refractivity contribution in [1.29, 1.82) is 0 Å². The molecule has 0 amide bonds. The molecule has 0 bridgehead atoms. The number of carboxylic acids is 1. The molecule has 1 rings (SSSR count). The topological polar surface area (TPSA) is 175 Å². The molecule has 6 atom stereocenters. The molecule has 1 fully saturated rings. The Bertz CT molecular complexity index is 1400. The molecule has 0 radical (unpaired) electrons. The van der Waals surface area contributed by atoms with E-state index in [9.17, 15) is 34.5 Å². The Hall–Kier alpha value is -3.58. The minimum Gasteiger partial charge on any atom is -0.479 e. The summed E-state index contributed by atoms with van der Waals surface area (Å²) in [7, 11) is 0. The van der Waals surface area contributed by atoms with Gasteiger partial charge in [-0.05, 0) is 57.8 Å². The lowest BCUT2D eigenvalue weighted by molar-refractivity contribution is -0.301. The third-order valence-electron chi connectivity index (χ3n) is 11.6. The molecule has 0 aliphatic carbocycles. The predicted molar refractivity (Wildman–Crippen MR) is 266 cm³/mol. The van der Waals surface area contributed by atoms with Crippen molar-refractivity contribution in [1.82, 2.24) is 0 Å². The molecule has 384 valence electrons. The Morgan fingerprint density at radius 2 is 0.940 bits per heavy atom. The van der Waals surface area contributed by atoms with Gasteiger partial charge in [0.05, 0.1) is 6.61 Å². The van der Waals surface area contributed by atoms with Crippen LogP contribution < -0.4 is 0 Å². The highest BCUT2D eigenvalue weighted by Gasteiger charge is 2.50. The van der Waals surface area contributed by atoms with Gasteiger partial charge in [-0.15, -0.1) is 0 Å². The van der Waals surface area contributed by atoms with Crippen molar-refractivity contribution in [3.05, 3.63) is 60.8 Å². The van der Waals surface area contributed by atoms with Crippen molar-refractivity contribution in [3.63, 3.8) is 0 Å². The summed E-state index contributed by atoms with van der Waals surface area (Å²) in [6, 6.07) is 0. The van der Waals surface area contributed by atoms with E-state index in [0.717, 1.165) is 70.6 Å². The number of ether oxygens (including phenoxy) is 5. The SMILES string of the molecule is CC/C=C\C/C=C\C/C=C\C/C=C\C/C=C\CCCC(=O)OC1C(OCC(COC(=O)CCCCCCCCCCCCC)OC(=O)CCCCCCCCCCC)OC(C(=O)O)C(O)C1O. The Kier molecular flexibility index (Phi) is 40.1. The van der Waals surface area contributed by atoms with E-state index < -0.39 is 67.3 Å². The maximum atomic E-state index is 13.0.